The van der Waals surface area contributed by atoms with Gasteiger partial charge >= 0.3 is 5.92 Å². The van der Waals surface area contributed by atoms with Crippen LogP contribution in [0.15, 0.2) is 17.5 Å². The Hall–Kier alpha value is -1.02. The lowest BCUT2D eigenvalue weighted by atomic mass is 9.90. The van der Waals surface area contributed by atoms with E-state index in [-0.39, 0.29) is 12.0 Å². The number of halogens is 3. The Kier molecular flexibility index (Phi) is 1.87. The molecule has 60 valence electrons. The van der Waals surface area contributed by atoms with E-state index in [4.69, 9.17) is 0 Å². The van der Waals surface area contributed by atoms with Gasteiger partial charge in [-0.05, 0) is 5.57 Å². The summed E-state index contributed by atoms with van der Waals surface area (Å²) in [6.45, 7) is 0. The fourth-order valence-corrected chi connectivity index (χ4v) is 0.902. The molecule has 0 aromatic rings. The highest BCUT2D eigenvalue weighted by molar-refractivity contribution is 5.47. The molecule has 1 aliphatic rings. The minimum absolute atomic E-state index is 0.00153. The summed E-state index contributed by atoms with van der Waals surface area (Å²) in [5, 5.41) is 0. The second-order valence-corrected chi connectivity index (χ2v) is 2.32. The predicted octanol–water partition coefficient (Wildman–Crippen LogP) is 2.03. The number of alkyl halides is 2. The third-order valence-corrected chi connectivity index (χ3v) is 1.50. The van der Waals surface area contributed by atoms with Crippen LogP contribution in [-0.4, -0.2) is 11.9 Å². The van der Waals surface area contributed by atoms with Crippen molar-refractivity contribution in [2.75, 3.05) is 0 Å². The van der Waals surface area contributed by atoms with Gasteiger partial charge in [0, 0.05) is 18.9 Å². The van der Waals surface area contributed by atoms with Crippen LogP contribution in [0.25, 0.3) is 0 Å². The summed E-state index contributed by atoms with van der Waals surface area (Å²) in [6, 6.07) is 0. The van der Waals surface area contributed by atoms with Crippen LogP contribution in [0, 0.1) is 0 Å². The maximum atomic E-state index is 12.3. The van der Waals surface area contributed by atoms with E-state index in [2.05, 4.69) is 0 Å². The van der Waals surface area contributed by atoms with Crippen LogP contribution in [0.2, 0.25) is 0 Å². The van der Waals surface area contributed by atoms with Crippen molar-refractivity contribution in [2.45, 2.75) is 18.8 Å². The topological polar surface area (TPSA) is 17.1 Å². The Morgan fingerprint density at radius 1 is 1.64 bits per heavy atom. The van der Waals surface area contributed by atoms with Crippen LogP contribution in [0.3, 0.4) is 0 Å². The SMILES string of the molecule is O=C=CCC1=C(F)C(F)(F)C1. The average molecular weight is 162 g/mol. The molecule has 0 saturated heterocycles. The Morgan fingerprint density at radius 2 is 2.27 bits per heavy atom. The monoisotopic (exact) mass is 162 g/mol. The summed E-state index contributed by atoms with van der Waals surface area (Å²) in [7, 11) is 0. The van der Waals surface area contributed by atoms with Crippen molar-refractivity contribution < 1.29 is 18.0 Å². The molecule has 1 nitrogen and oxygen atoms in total. The molecule has 0 aliphatic heterocycles. The molecule has 1 rings (SSSR count). The fraction of sp³-hybridized carbons (Fsp3) is 0.429. The zero-order chi connectivity index (χ0) is 8.48. The van der Waals surface area contributed by atoms with Crippen LogP contribution in [-0.2, 0) is 4.79 Å². The van der Waals surface area contributed by atoms with Gasteiger partial charge in [0.25, 0.3) is 0 Å². The van der Waals surface area contributed by atoms with Crippen molar-refractivity contribution in [3.8, 4) is 0 Å². The van der Waals surface area contributed by atoms with Gasteiger partial charge in [0.05, 0.1) is 0 Å². The third kappa shape index (κ3) is 1.35. The van der Waals surface area contributed by atoms with Crippen molar-refractivity contribution in [3.63, 3.8) is 0 Å². The molecule has 0 atom stereocenters. The predicted molar refractivity (Wildman–Crippen MR) is 32.6 cm³/mol. The lowest BCUT2D eigenvalue weighted by molar-refractivity contribution is -0.0103. The van der Waals surface area contributed by atoms with E-state index in [9.17, 15) is 18.0 Å². The van der Waals surface area contributed by atoms with Gasteiger partial charge in [-0.2, -0.15) is 8.78 Å². The zero-order valence-corrected chi connectivity index (χ0v) is 5.53. The van der Waals surface area contributed by atoms with Crippen LogP contribution in [0.1, 0.15) is 12.8 Å². The molecule has 0 fully saturated rings. The molecular formula is C7H5F3O. The minimum Gasteiger partial charge on any atom is -0.234 e. The summed E-state index contributed by atoms with van der Waals surface area (Å²) < 4.78 is 36.4. The van der Waals surface area contributed by atoms with Crippen LogP contribution in [0.4, 0.5) is 13.2 Å². The van der Waals surface area contributed by atoms with Gasteiger partial charge in [0.1, 0.15) is 5.94 Å². The van der Waals surface area contributed by atoms with E-state index in [1.165, 1.54) is 5.94 Å². The van der Waals surface area contributed by atoms with Crippen molar-refractivity contribution in [1.82, 2.24) is 0 Å². The van der Waals surface area contributed by atoms with Crippen LogP contribution in [0.5, 0.6) is 0 Å². The quantitative estimate of drug-likeness (QED) is 0.567. The fourth-order valence-electron chi connectivity index (χ4n) is 0.902. The molecule has 0 radical (unpaired) electrons. The van der Waals surface area contributed by atoms with E-state index >= 15 is 0 Å². The molecule has 11 heavy (non-hydrogen) atoms. The molecule has 0 saturated carbocycles. The van der Waals surface area contributed by atoms with E-state index in [1.54, 1.807) is 0 Å². The molecule has 0 aromatic carbocycles. The van der Waals surface area contributed by atoms with E-state index in [0.717, 1.165) is 6.08 Å². The normalized spacial score (nSPS) is 20.6. The summed E-state index contributed by atoms with van der Waals surface area (Å²) in [4.78, 5) is 9.60. The molecular weight excluding hydrogens is 157 g/mol. The minimum atomic E-state index is -3.29. The van der Waals surface area contributed by atoms with E-state index in [0.29, 0.717) is 0 Å². The standard InChI is InChI=1S/C7H5F3O/c8-6-5(2-1-3-11)4-7(6,9)10/h1H,2,4H2. The van der Waals surface area contributed by atoms with Crippen molar-refractivity contribution >= 4 is 5.94 Å². The van der Waals surface area contributed by atoms with Crippen molar-refractivity contribution in [1.29, 1.82) is 0 Å². The maximum absolute atomic E-state index is 12.3. The molecule has 1 aliphatic carbocycles. The van der Waals surface area contributed by atoms with Gasteiger partial charge in [0.15, 0.2) is 5.83 Å². The number of hydrogen-bond acceptors (Lipinski definition) is 1. The first-order valence-corrected chi connectivity index (χ1v) is 3.03. The van der Waals surface area contributed by atoms with Gasteiger partial charge < -0.3 is 0 Å². The van der Waals surface area contributed by atoms with Crippen molar-refractivity contribution in [3.05, 3.63) is 17.5 Å². The lowest BCUT2D eigenvalue weighted by Gasteiger charge is -2.26. The average Bonchev–Trinajstić information content (AvgIpc) is 1.97. The Bertz CT molecular complexity index is 248. The van der Waals surface area contributed by atoms with Crippen LogP contribution < -0.4 is 0 Å². The van der Waals surface area contributed by atoms with Gasteiger partial charge in [-0.15, -0.1) is 0 Å². The molecule has 4 heteroatoms. The lowest BCUT2D eigenvalue weighted by Crippen LogP contribution is -2.28. The molecule has 0 unspecified atom stereocenters. The summed E-state index contributed by atoms with van der Waals surface area (Å²) >= 11 is 0. The Morgan fingerprint density at radius 3 is 2.64 bits per heavy atom. The second-order valence-electron chi connectivity index (χ2n) is 2.32. The number of hydrogen-bond donors (Lipinski definition) is 0. The molecule has 0 bridgehead atoms. The number of allylic oxidation sites excluding steroid dienone is 3. The van der Waals surface area contributed by atoms with Gasteiger partial charge in [-0.1, -0.05) is 0 Å². The highest BCUT2D eigenvalue weighted by atomic mass is 19.3. The first kappa shape index (κ1) is 8.08. The number of rotatable bonds is 2. The molecule has 0 aromatic heterocycles. The van der Waals surface area contributed by atoms with E-state index in [1.807, 2.05) is 0 Å². The smallest absolute Gasteiger partial charge is 0.234 e. The molecule has 0 amide bonds. The van der Waals surface area contributed by atoms with Crippen molar-refractivity contribution in [2.24, 2.45) is 0 Å². The van der Waals surface area contributed by atoms with Gasteiger partial charge in [-0.3, -0.25) is 0 Å². The largest absolute Gasteiger partial charge is 0.302 e. The zero-order valence-electron chi connectivity index (χ0n) is 5.53. The number of carbonyl (C=O) groups excluding carboxylic acids is 1. The highest BCUT2D eigenvalue weighted by Crippen LogP contribution is 2.45. The Balaban J connectivity index is 2.65. The first-order valence-electron chi connectivity index (χ1n) is 3.03. The summed E-state index contributed by atoms with van der Waals surface area (Å²) in [6.07, 6.45) is 0.367. The maximum Gasteiger partial charge on any atom is 0.302 e. The molecule has 0 spiro atoms. The van der Waals surface area contributed by atoms with Gasteiger partial charge in [-0.25, -0.2) is 9.18 Å². The first-order chi connectivity index (χ1) is 5.08. The van der Waals surface area contributed by atoms with E-state index < -0.39 is 18.2 Å². The van der Waals surface area contributed by atoms with Gasteiger partial charge in [0.2, 0.25) is 0 Å². The molecule has 0 N–H and O–H groups in total. The highest BCUT2D eigenvalue weighted by Gasteiger charge is 2.46. The second kappa shape index (κ2) is 2.55. The Labute approximate surface area is 61.2 Å². The summed E-state index contributed by atoms with van der Waals surface area (Å²) in [5.41, 5.74) is -0.00153. The summed E-state index contributed by atoms with van der Waals surface area (Å²) in [5.74, 6) is -3.28. The third-order valence-electron chi connectivity index (χ3n) is 1.50. The van der Waals surface area contributed by atoms with Crippen LogP contribution >= 0.6 is 0 Å². The molecule has 0 heterocycles.